The minimum atomic E-state index is -1.22. The minimum absolute atomic E-state index is 0.405. The molecule has 2 N–H and O–H groups in total. The Morgan fingerprint density at radius 3 is 2.58 bits per heavy atom. The molecule has 8 nitrogen and oxygen atoms in total. The summed E-state index contributed by atoms with van der Waals surface area (Å²) in [6.07, 6.45) is 0. The van der Waals surface area contributed by atoms with E-state index in [9.17, 15) is 14.4 Å². The standard InChI is InChI=1S/C22H20ClN5O3/c1-14-11-18(28(26-14)17-10-6-9-16(23)12-17)24-19(29)13-27-20(30)22(2,25-21(27)31)15-7-4-3-5-8-15/h3-12H,13H2,1-2H3,(H,24,29)(H,25,31). The number of nitrogens with one attached hydrogen (secondary N) is 2. The number of urea groups is 1. The average molecular weight is 438 g/mol. The Morgan fingerprint density at radius 2 is 1.87 bits per heavy atom. The van der Waals surface area contributed by atoms with Crippen molar-refractivity contribution in [3.05, 3.63) is 76.9 Å². The van der Waals surface area contributed by atoms with Gasteiger partial charge in [0.1, 0.15) is 17.9 Å². The topological polar surface area (TPSA) is 96.3 Å². The highest BCUT2D eigenvalue weighted by Crippen LogP contribution is 2.28. The third-order valence-corrected chi connectivity index (χ3v) is 5.31. The number of carbonyl (C=O) groups excluding carboxylic acids is 3. The Kier molecular flexibility index (Phi) is 5.24. The van der Waals surface area contributed by atoms with Crippen LogP contribution in [0.4, 0.5) is 10.6 Å². The second-order valence-electron chi connectivity index (χ2n) is 7.42. The van der Waals surface area contributed by atoms with E-state index in [4.69, 9.17) is 11.6 Å². The number of rotatable bonds is 5. The summed E-state index contributed by atoms with van der Waals surface area (Å²) in [5, 5.41) is 10.3. The molecule has 1 saturated heterocycles. The Labute approximate surface area is 183 Å². The van der Waals surface area contributed by atoms with Gasteiger partial charge in [-0.25, -0.2) is 9.48 Å². The fourth-order valence-electron chi connectivity index (χ4n) is 3.53. The maximum atomic E-state index is 13.0. The van der Waals surface area contributed by atoms with Gasteiger partial charge in [0.15, 0.2) is 0 Å². The molecule has 9 heteroatoms. The second kappa shape index (κ2) is 7.88. The molecule has 2 aromatic carbocycles. The zero-order valence-electron chi connectivity index (χ0n) is 16.9. The summed E-state index contributed by atoms with van der Waals surface area (Å²) in [5.41, 5.74) is 0.771. The third kappa shape index (κ3) is 3.89. The van der Waals surface area contributed by atoms with Crippen molar-refractivity contribution in [1.82, 2.24) is 20.0 Å². The molecule has 0 bridgehead atoms. The van der Waals surface area contributed by atoms with E-state index in [1.54, 1.807) is 73.1 Å². The fraction of sp³-hybridized carbons (Fsp3) is 0.182. The number of hydrogen-bond acceptors (Lipinski definition) is 4. The van der Waals surface area contributed by atoms with E-state index in [0.29, 0.717) is 27.8 Å². The van der Waals surface area contributed by atoms with Gasteiger partial charge in [0.05, 0.1) is 11.4 Å². The van der Waals surface area contributed by atoms with Crippen LogP contribution in [0.25, 0.3) is 5.69 Å². The summed E-state index contributed by atoms with van der Waals surface area (Å²) in [6, 6.07) is 17.0. The maximum absolute atomic E-state index is 13.0. The van der Waals surface area contributed by atoms with E-state index in [2.05, 4.69) is 15.7 Å². The van der Waals surface area contributed by atoms with E-state index < -0.39 is 29.9 Å². The van der Waals surface area contributed by atoms with E-state index in [0.717, 1.165) is 4.90 Å². The molecule has 31 heavy (non-hydrogen) atoms. The highest BCUT2D eigenvalue weighted by Gasteiger charge is 2.49. The monoisotopic (exact) mass is 437 g/mol. The average Bonchev–Trinajstić information content (AvgIpc) is 3.21. The van der Waals surface area contributed by atoms with E-state index >= 15 is 0 Å². The molecule has 0 spiro atoms. The van der Waals surface area contributed by atoms with Crippen LogP contribution in [0, 0.1) is 6.92 Å². The zero-order valence-corrected chi connectivity index (χ0v) is 17.7. The van der Waals surface area contributed by atoms with Crippen LogP contribution in [0.15, 0.2) is 60.7 Å². The lowest BCUT2D eigenvalue weighted by Gasteiger charge is -2.22. The number of halogens is 1. The van der Waals surface area contributed by atoms with Gasteiger partial charge in [-0.3, -0.25) is 14.5 Å². The van der Waals surface area contributed by atoms with Crippen molar-refractivity contribution in [3.63, 3.8) is 0 Å². The van der Waals surface area contributed by atoms with Gasteiger partial charge in [0.25, 0.3) is 5.91 Å². The van der Waals surface area contributed by atoms with Gasteiger partial charge >= 0.3 is 6.03 Å². The Morgan fingerprint density at radius 1 is 1.13 bits per heavy atom. The number of benzene rings is 2. The zero-order chi connectivity index (χ0) is 22.2. The van der Waals surface area contributed by atoms with Gasteiger partial charge in [-0.05, 0) is 37.6 Å². The summed E-state index contributed by atoms with van der Waals surface area (Å²) < 4.78 is 1.54. The number of anilines is 1. The van der Waals surface area contributed by atoms with Gasteiger partial charge in [0.2, 0.25) is 5.91 Å². The van der Waals surface area contributed by atoms with E-state index in [1.165, 1.54) is 0 Å². The lowest BCUT2D eigenvalue weighted by Crippen LogP contribution is -2.42. The number of nitrogens with zero attached hydrogens (tertiary/aromatic N) is 3. The van der Waals surface area contributed by atoms with Crippen LogP contribution in [0.1, 0.15) is 18.2 Å². The van der Waals surface area contributed by atoms with Crippen molar-refractivity contribution in [1.29, 1.82) is 0 Å². The van der Waals surface area contributed by atoms with E-state index in [-0.39, 0.29) is 0 Å². The van der Waals surface area contributed by atoms with Crippen molar-refractivity contribution in [2.45, 2.75) is 19.4 Å². The van der Waals surface area contributed by atoms with Crippen LogP contribution in [0.3, 0.4) is 0 Å². The van der Waals surface area contributed by atoms with Gasteiger partial charge in [0, 0.05) is 11.1 Å². The molecule has 1 aliphatic heterocycles. The first kappa shape index (κ1) is 20.6. The van der Waals surface area contributed by atoms with Crippen molar-refractivity contribution >= 4 is 35.3 Å². The highest BCUT2D eigenvalue weighted by molar-refractivity contribution is 6.30. The van der Waals surface area contributed by atoms with Crippen LogP contribution < -0.4 is 10.6 Å². The van der Waals surface area contributed by atoms with Gasteiger partial charge in [-0.15, -0.1) is 0 Å². The Bertz CT molecular complexity index is 1180. The molecule has 1 aromatic heterocycles. The van der Waals surface area contributed by atoms with E-state index in [1.807, 2.05) is 6.07 Å². The molecule has 4 amide bonds. The number of carbonyl (C=O) groups is 3. The van der Waals surface area contributed by atoms with Gasteiger partial charge < -0.3 is 10.6 Å². The molecule has 158 valence electrons. The van der Waals surface area contributed by atoms with Crippen LogP contribution in [-0.2, 0) is 15.1 Å². The largest absolute Gasteiger partial charge is 0.325 e. The maximum Gasteiger partial charge on any atom is 0.325 e. The predicted octanol–water partition coefficient (Wildman–Crippen LogP) is 3.24. The quantitative estimate of drug-likeness (QED) is 0.599. The molecule has 0 aliphatic carbocycles. The lowest BCUT2D eigenvalue weighted by molar-refractivity contribution is -0.133. The van der Waals surface area contributed by atoms with Gasteiger partial charge in [-0.1, -0.05) is 48.0 Å². The first-order valence-corrected chi connectivity index (χ1v) is 9.98. The molecule has 0 radical (unpaired) electrons. The normalized spacial score (nSPS) is 18.2. The van der Waals surface area contributed by atoms with Crippen LogP contribution in [-0.4, -0.2) is 39.1 Å². The number of aryl methyl sites for hydroxylation is 1. The fourth-order valence-corrected chi connectivity index (χ4v) is 3.71. The number of imide groups is 1. The summed E-state index contributed by atoms with van der Waals surface area (Å²) in [6.45, 7) is 2.99. The second-order valence-corrected chi connectivity index (χ2v) is 7.86. The molecule has 4 rings (SSSR count). The predicted molar refractivity (Wildman–Crippen MR) is 116 cm³/mol. The SMILES string of the molecule is Cc1cc(NC(=O)CN2C(=O)NC(C)(c3ccccc3)C2=O)n(-c2cccc(Cl)c2)n1. The number of aromatic nitrogens is 2. The van der Waals surface area contributed by atoms with Crippen molar-refractivity contribution in [2.24, 2.45) is 0 Å². The van der Waals surface area contributed by atoms with Crippen LogP contribution >= 0.6 is 11.6 Å². The first-order valence-electron chi connectivity index (χ1n) is 9.60. The smallest absolute Gasteiger partial charge is 0.319 e. The molecule has 1 unspecified atom stereocenters. The lowest BCUT2D eigenvalue weighted by atomic mass is 9.92. The van der Waals surface area contributed by atoms with Crippen LogP contribution in [0.2, 0.25) is 5.02 Å². The third-order valence-electron chi connectivity index (χ3n) is 5.08. The molecule has 0 saturated carbocycles. The first-order chi connectivity index (χ1) is 14.8. The summed E-state index contributed by atoms with van der Waals surface area (Å²) in [7, 11) is 0. The molecule has 1 atom stereocenters. The number of amides is 4. The Hall–Kier alpha value is -3.65. The van der Waals surface area contributed by atoms with Crippen molar-refractivity contribution < 1.29 is 14.4 Å². The summed E-state index contributed by atoms with van der Waals surface area (Å²) in [4.78, 5) is 39.1. The summed E-state index contributed by atoms with van der Waals surface area (Å²) >= 11 is 6.07. The van der Waals surface area contributed by atoms with Crippen molar-refractivity contribution in [3.8, 4) is 5.69 Å². The summed E-state index contributed by atoms with van der Waals surface area (Å²) in [5.74, 6) is -0.606. The highest BCUT2D eigenvalue weighted by atomic mass is 35.5. The molecule has 2 heterocycles. The number of hydrogen-bond donors (Lipinski definition) is 2. The molecule has 1 aliphatic rings. The molecule has 1 fully saturated rings. The van der Waals surface area contributed by atoms with Crippen molar-refractivity contribution in [2.75, 3.05) is 11.9 Å². The molecular formula is C22H20ClN5O3. The Balaban J connectivity index is 1.53. The van der Waals surface area contributed by atoms with Crippen LogP contribution in [0.5, 0.6) is 0 Å². The molecular weight excluding hydrogens is 418 g/mol. The molecule has 3 aromatic rings. The minimum Gasteiger partial charge on any atom is -0.319 e. The van der Waals surface area contributed by atoms with Gasteiger partial charge in [-0.2, -0.15) is 5.10 Å².